The monoisotopic (exact) mass is 266 g/mol. The van der Waals surface area contributed by atoms with Gasteiger partial charge in [-0.15, -0.1) is 6.58 Å². The highest BCUT2D eigenvalue weighted by Gasteiger charge is 2.50. The summed E-state index contributed by atoms with van der Waals surface area (Å²) in [5.74, 6) is 0. The zero-order valence-corrected chi connectivity index (χ0v) is 9.53. The van der Waals surface area contributed by atoms with Gasteiger partial charge in [0.2, 0.25) is 0 Å². The van der Waals surface area contributed by atoms with E-state index in [1.807, 2.05) is 0 Å². The number of ether oxygens (including phenoxy) is 2. The Morgan fingerprint density at radius 1 is 0.944 bits per heavy atom. The smallest absolute Gasteiger partial charge is 0.266 e. The molecule has 8 heteroatoms. The molecular weight excluding hydrogens is 248 g/mol. The van der Waals surface area contributed by atoms with Gasteiger partial charge in [-0.1, -0.05) is 6.08 Å². The molecule has 1 rings (SSSR count). The van der Waals surface area contributed by atoms with E-state index in [2.05, 4.69) is 11.3 Å². The number of rotatable bonds is 5. The molecule has 0 saturated heterocycles. The van der Waals surface area contributed by atoms with Crippen LogP contribution in [0.25, 0.3) is 0 Å². The van der Waals surface area contributed by atoms with Crippen LogP contribution in [0.15, 0.2) is 12.7 Å². The molecule has 18 heavy (non-hydrogen) atoms. The standard InChI is InChI=1S/C10H18O8/c1-2-3-17-8-4(11)6(13)9(18-10(15)16)7(14)5(8)12/h2,4-16H,1,3H2/t4-,5+,6-,7-,8?,9?/m0/s1. The van der Waals surface area contributed by atoms with Crippen molar-refractivity contribution in [3.05, 3.63) is 12.7 Å². The molecule has 0 spiro atoms. The van der Waals surface area contributed by atoms with Gasteiger partial charge in [-0.25, -0.2) is 0 Å². The Labute approximate surface area is 103 Å². The van der Waals surface area contributed by atoms with Crippen molar-refractivity contribution in [1.29, 1.82) is 0 Å². The molecule has 0 aromatic carbocycles. The second-order valence-electron chi connectivity index (χ2n) is 3.98. The fourth-order valence-corrected chi connectivity index (χ4v) is 1.86. The van der Waals surface area contributed by atoms with Crippen LogP contribution < -0.4 is 0 Å². The summed E-state index contributed by atoms with van der Waals surface area (Å²) in [6.07, 6.45) is -7.78. The van der Waals surface area contributed by atoms with Gasteiger partial charge in [0.1, 0.15) is 36.6 Å². The van der Waals surface area contributed by atoms with Crippen molar-refractivity contribution in [3.63, 3.8) is 0 Å². The van der Waals surface area contributed by atoms with Crippen molar-refractivity contribution >= 4 is 0 Å². The van der Waals surface area contributed by atoms with Crippen LogP contribution in [0.4, 0.5) is 0 Å². The van der Waals surface area contributed by atoms with Gasteiger partial charge in [-0.05, 0) is 0 Å². The Morgan fingerprint density at radius 2 is 1.39 bits per heavy atom. The Balaban J connectivity index is 2.77. The van der Waals surface area contributed by atoms with Crippen LogP contribution in [-0.4, -0.2) is 80.3 Å². The predicted octanol–water partition coefficient (Wildman–Crippen LogP) is -3.33. The first kappa shape index (κ1) is 15.5. The number of hydrogen-bond acceptors (Lipinski definition) is 8. The minimum absolute atomic E-state index is 0.00632. The van der Waals surface area contributed by atoms with E-state index in [0.29, 0.717) is 0 Å². The molecule has 1 fully saturated rings. The third-order valence-corrected chi connectivity index (χ3v) is 2.73. The van der Waals surface area contributed by atoms with Gasteiger partial charge < -0.3 is 40.1 Å². The molecule has 8 nitrogen and oxygen atoms in total. The van der Waals surface area contributed by atoms with Gasteiger partial charge in [0.05, 0.1) is 6.61 Å². The highest BCUT2D eigenvalue weighted by molar-refractivity contribution is 5.00. The summed E-state index contributed by atoms with van der Waals surface area (Å²) in [6.45, 7) is 1.14. The topological polar surface area (TPSA) is 140 Å². The van der Waals surface area contributed by atoms with Crippen LogP contribution in [0.2, 0.25) is 0 Å². The number of aliphatic hydroxyl groups is 6. The molecule has 0 radical (unpaired) electrons. The average Bonchev–Trinajstić information content (AvgIpc) is 2.32. The summed E-state index contributed by atoms with van der Waals surface area (Å²) >= 11 is 0. The molecule has 0 aromatic heterocycles. The summed E-state index contributed by atoms with van der Waals surface area (Å²) in [7, 11) is 0. The van der Waals surface area contributed by atoms with Crippen molar-refractivity contribution in [2.24, 2.45) is 0 Å². The summed E-state index contributed by atoms with van der Waals surface area (Å²) in [5, 5.41) is 56.0. The fourth-order valence-electron chi connectivity index (χ4n) is 1.86. The zero-order chi connectivity index (χ0) is 13.9. The van der Waals surface area contributed by atoms with Crippen molar-refractivity contribution < 1.29 is 40.1 Å². The molecule has 1 aliphatic carbocycles. The normalized spacial score (nSPS) is 41.1. The first-order valence-corrected chi connectivity index (χ1v) is 5.36. The minimum Gasteiger partial charge on any atom is -0.387 e. The maximum atomic E-state index is 9.71. The summed E-state index contributed by atoms with van der Waals surface area (Å²) < 4.78 is 9.46. The Hall–Kier alpha value is -0.580. The fraction of sp³-hybridized carbons (Fsp3) is 0.800. The van der Waals surface area contributed by atoms with E-state index < -0.39 is 43.1 Å². The van der Waals surface area contributed by atoms with Crippen LogP contribution in [0.1, 0.15) is 0 Å². The van der Waals surface area contributed by atoms with E-state index in [9.17, 15) is 20.4 Å². The molecule has 1 aliphatic rings. The van der Waals surface area contributed by atoms with Gasteiger partial charge in [0.15, 0.2) is 0 Å². The van der Waals surface area contributed by atoms with Crippen LogP contribution in [0.3, 0.4) is 0 Å². The Kier molecular flexibility index (Phi) is 5.63. The van der Waals surface area contributed by atoms with Gasteiger partial charge >= 0.3 is 0 Å². The summed E-state index contributed by atoms with van der Waals surface area (Å²) in [4.78, 5) is 0. The maximum absolute atomic E-state index is 9.71. The van der Waals surface area contributed by atoms with Crippen LogP contribution in [0, 0.1) is 0 Å². The molecule has 106 valence electrons. The largest absolute Gasteiger partial charge is 0.387 e. The highest BCUT2D eigenvalue weighted by Crippen LogP contribution is 2.26. The SMILES string of the molecule is C=CCOC1[C@@H](O)[C@H](O)C(OC(O)O)[C@@H](O)[C@H]1O. The Bertz CT molecular complexity index is 255. The second kappa shape index (κ2) is 6.55. The third-order valence-electron chi connectivity index (χ3n) is 2.73. The highest BCUT2D eigenvalue weighted by atomic mass is 16.7. The lowest BCUT2D eigenvalue weighted by molar-refractivity contribution is -0.318. The molecule has 0 heterocycles. The van der Waals surface area contributed by atoms with Gasteiger partial charge in [0, 0.05) is 0 Å². The first-order chi connectivity index (χ1) is 8.40. The first-order valence-electron chi connectivity index (χ1n) is 5.36. The van der Waals surface area contributed by atoms with Gasteiger partial charge in [0.25, 0.3) is 6.48 Å². The van der Waals surface area contributed by atoms with E-state index >= 15 is 0 Å². The zero-order valence-electron chi connectivity index (χ0n) is 9.53. The lowest BCUT2D eigenvalue weighted by atomic mass is 9.84. The van der Waals surface area contributed by atoms with Gasteiger partial charge in [-0.3, -0.25) is 0 Å². The van der Waals surface area contributed by atoms with Crippen molar-refractivity contribution in [1.82, 2.24) is 0 Å². The average molecular weight is 266 g/mol. The van der Waals surface area contributed by atoms with E-state index in [0.717, 1.165) is 0 Å². The van der Waals surface area contributed by atoms with Crippen LogP contribution in [0.5, 0.6) is 0 Å². The van der Waals surface area contributed by atoms with E-state index in [4.69, 9.17) is 14.9 Å². The third kappa shape index (κ3) is 3.25. The van der Waals surface area contributed by atoms with Crippen molar-refractivity contribution in [3.8, 4) is 0 Å². The summed E-state index contributed by atoms with van der Waals surface area (Å²) in [6, 6.07) is 0. The molecule has 0 bridgehead atoms. The Morgan fingerprint density at radius 3 is 1.78 bits per heavy atom. The molecule has 0 aromatic rings. The molecule has 6 atom stereocenters. The molecule has 2 unspecified atom stereocenters. The molecule has 6 N–H and O–H groups in total. The molecule has 0 amide bonds. The molecule has 1 saturated carbocycles. The lowest BCUT2D eigenvalue weighted by Gasteiger charge is -2.43. The van der Waals surface area contributed by atoms with E-state index in [1.54, 1.807) is 0 Å². The lowest BCUT2D eigenvalue weighted by Crippen LogP contribution is -2.65. The quantitative estimate of drug-likeness (QED) is 0.224. The van der Waals surface area contributed by atoms with E-state index in [1.165, 1.54) is 6.08 Å². The van der Waals surface area contributed by atoms with Crippen LogP contribution in [-0.2, 0) is 9.47 Å². The van der Waals surface area contributed by atoms with Crippen molar-refractivity contribution in [2.45, 2.75) is 43.1 Å². The maximum Gasteiger partial charge on any atom is 0.266 e. The van der Waals surface area contributed by atoms with Crippen molar-refractivity contribution in [2.75, 3.05) is 6.61 Å². The number of hydrogen-bond donors (Lipinski definition) is 6. The van der Waals surface area contributed by atoms with Gasteiger partial charge in [-0.2, -0.15) is 0 Å². The predicted molar refractivity (Wildman–Crippen MR) is 57.1 cm³/mol. The summed E-state index contributed by atoms with van der Waals surface area (Å²) in [5.41, 5.74) is 0. The number of aliphatic hydroxyl groups excluding tert-OH is 5. The molecule has 0 aliphatic heterocycles. The van der Waals surface area contributed by atoms with E-state index in [-0.39, 0.29) is 6.61 Å². The minimum atomic E-state index is -2.25. The van der Waals surface area contributed by atoms with Crippen LogP contribution >= 0.6 is 0 Å². The molecular formula is C10H18O8. The second-order valence-corrected chi connectivity index (χ2v) is 3.98.